The smallest absolute Gasteiger partial charge is 0.306 e. The van der Waals surface area contributed by atoms with E-state index in [-0.39, 0.29) is 31.1 Å². The lowest BCUT2D eigenvalue weighted by atomic mass is 9.99. The van der Waals surface area contributed by atoms with Gasteiger partial charge in [-0.2, -0.15) is 0 Å². The van der Waals surface area contributed by atoms with Crippen LogP contribution in [0.5, 0.6) is 0 Å². The Morgan fingerprint density at radius 1 is 0.392 bits per heavy atom. The van der Waals surface area contributed by atoms with Gasteiger partial charge in [0.15, 0.2) is 6.10 Å². The fourth-order valence-corrected chi connectivity index (χ4v) is 6.49. The molecular formula is C45H86O6. The molecule has 51 heavy (non-hydrogen) atoms. The lowest BCUT2D eigenvalue weighted by Gasteiger charge is -2.18. The Hall–Kier alpha value is -1.59. The van der Waals surface area contributed by atoms with Crippen LogP contribution in [0.2, 0.25) is 0 Å². The van der Waals surface area contributed by atoms with Gasteiger partial charge < -0.3 is 14.2 Å². The average Bonchev–Trinajstić information content (AvgIpc) is 3.09. The summed E-state index contributed by atoms with van der Waals surface area (Å²) in [5.74, 6) is 1.54. The summed E-state index contributed by atoms with van der Waals surface area (Å²) in [6, 6.07) is 0. The number of carbonyl (C=O) groups is 3. The van der Waals surface area contributed by atoms with Crippen LogP contribution in [0.25, 0.3) is 0 Å². The number of ether oxygens (including phenoxy) is 3. The minimum Gasteiger partial charge on any atom is -0.462 e. The Bertz CT molecular complexity index is 794. The lowest BCUT2D eigenvalue weighted by Crippen LogP contribution is -2.30. The summed E-state index contributed by atoms with van der Waals surface area (Å²) >= 11 is 0. The van der Waals surface area contributed by atoms with E-state index >= 15 is 0 Å². The van der Waals surface area contributed by atoms with Gasteiger partial charge in [-0.1, -0.05) is 196 Å². The maximum absolute atomic E-state index is 12.6. The molecule has 6 heteroatoms. The molecule has 0 N–H and O–H groups in total. The zero-order valence-corrected chi connectivity index (χ0v) is 34.9. The predicted octanol–water partition coefficient (Wildman–Crippen LogP) is 13.7. The molecule has 0 amide bonds. The zero-order valence-electron chi connectivity index (χ0n) is 34.9. The molecule has 302 valence electrons. The number of hydrogen-bond acceptors (Lipinski definition) is 6. The highest BCUT2D eigenvalue weighted by Gasteiger charge is 2.19. The van der Waals surface area contributed by atoms with Crippen molar-refractivity contribution >= 4 is 17.9 Å². The molecular weight excluding hydrogens is 636 g/mol. The third kappa shape index (κ3) is 38.0. The minimum absolute atomic E-state index is 0.0676. The first-order valence-corrected chi connectivity index (χ1v) is 22.1. The summed E-state index contributed by atoms with van der Waals surface area (Å²) in [6.45, 7) is 13.6. The van der Waals surface area contributed by atoms with Crippen molar-refractivity contribution in [2.24, 2.45) is 17.8 Å². The van der Waals surface area contributed by atoms with E-state index in [0.717, 1.165) is 75.5 Å². The SMILES string of the molecule is CCC(C)CCCCCCCCCCCCC(=O)OC[C@H](COC(=O)CCCCCCCCCC(C)C)OC(=O)CCCCCCCCC(C)C. The van der Waals surface area contributed by atoms with Gasteiger partial charge in [0, 0.05) is 19.3 Å². The van der Waals surface area contributed by atoms with E-state index in [1.54, 1.807) is 0 Å². The molecule has 0 spiro atoms. The van der Waals surface area contributed by atoms with E-state index in [2.05, 4.69) is 41.5 Å². The Kier molecular flexibility index (Phi) is 35.6. The van der Waals surface area contributed by atoms with Crippen molar-refractivity contribution in [2.45, 2.75) is 240 Å². The summed E-state index contributed by atoms with van der Waals surface area (Å²) in [7, 11) is 0. The van der Waals surface area contributed by atoms with Crippen LogP contribution < -0.4 is 0 Å². The van der Waals surface area contributed by atoms with Gasteiger partial charge in [0.1, 0.15) is 13.2 Å². The van der Waals surface area contributed by atoms with Crippen molar-refractivity contribution in [3.8, 4) is 0 Å². The number of esters is 3. The Morgan fingerprint density at radius 3 is 1.02 bits per heavy atom. The van der Waals surface area contributed by atoms with Crippen LogP contribution in [-0.4, -0.2) is 37.2 Å². The molecule has 0 bridgehead atoms. The normalized spacial score (nSPS) is 12.7. The van der Waals surface area contributed by atoms with E-state index in [1.165, 1.54) is 116 Å². The highest BCUT2D eigenvalue weighted by Crippen LogP contribution is 2.17. The third-order valence-corrected chi connectivity index (χ3v) is 10.3. The van der Waals surface area contributed by atoms with Gasteiger partial charge in [-0.15, -0.1) is 0 Å². The Morgan fingerprint density at radius 2 is 0.686 bits per heavy atom. The molecule has 0 aromatic rings. The maximum Gasteiger partial charge on any atom is 0.306 e. The van der Waals surface area contributed by atoms with Gasteiger partial charge in [-0.25, -0.2) is 0 Å². The summed E-state index contributed by atoms with van der Waals surface area (Å²) in [5.41, 5.74) is 0. The Balaban J connectivity index is 4.32. The monoisotopic (exact) mass is 723 g/mol. The quantitative estimate of drug-likeness (QED) is 0.0359. The van der Waals surface area contributed by atoms with Crippen molar-refractivity contribution in [3.63, 3.8) is 0 Å². The number of hydrogen-bond donors (Lipinski definition) is 0. The van der Waals surface area contributed by atoms with Gasteiger partial charge in [0.25, 0.3) is 0 Å². The van der Waals surface area contributed by atoms with Crippen LogP contribution in [-0.2, 0) is 28.6 Å². The van der Waals surface area contributed by atoms with Crippen LogP contribution >= 0.6 is 0 Å². The van der Waals surface area contributed by atoms with Crippen molar-refractivity contribution in [1.82, 2.24) is 0 Å². The molecule has 6 nitrogen and oxygen atoms in total. The highest BCUT2D eigenvalue weighted by molar-refractivity contribution is 5.71. The van der Waals surface area contributed by atoms with E-state index < -0.39 is 6.10 Å². The molecule has 2 atom stereocenters. The summed E-state index contributed by atoms with van der Waals surface area (Å²) in [4.78, 5) is 37.6. The Labute approximate surface area is 317 Å². The van der Waals surface area contributed by atoms with E-state index in [1.807, 2.05) is 0 Å². The number of unbranched alkanes of at least 4 members (excludes halogenated alkanes) is 20. The molecule has 0 aliphatic carbocycles. The van der Waals surface area contributed by atoms with Gasteiger partial charge in [-0.3, -0.25) is 14.4 Å². The molecule has 1 unspecified atom stereocenters. The second-order valence-electron chi connectivity index (χ2n) is 16.5. The lowest BCUT2D eigenvalue weighted by molar-refractivity contribution is -0.167. The first-order valence-electron chi connectivity index (χ1n) is 22.1. The van der Waals surface area contributed by atoms with Crippen LogP contribution in [0.1, 0.15) is 234 Å². The summed E-state index contributed by atoms with van der Waals surface area (Å²) in [6.07, 6.45) is 32.5. The number of rotatable bonds is 38. The fraction of sp³-hybridized carbons (Fsp3) is 0.933. The molecule has 0 radical (unpaired) electrons. The zero-order chi connectivity index (χ0) is 37.8. The minimum atomic E-state index is -0.762. The van der Waals surface area contributed by atoms with E-state index in [0.29, 0.717) is 19.3 Å². The van der Waals surface area contributed by atoms with Crippen molar-refractivity contribution in [2.75, 3.05) is 13.2 Å². The fourth-order valence-electron chi connectivity index (χ4n) is 6.49. The average molecular weight is 723 g/mol. The van der Waals surface area contributed by atoms with Crippen LogP contribution in [0, 0.1) is 17.8 Å². The molecule has 0 aromatic heterocycles. The number of carbonyl (C=O) groups excluding carboxylic acids is 3. The van der Waals surface area contributed by atoms with Gasteiger partial charge in [0.05, 0.1) is 0 Å². The molecule has 0 aliphatic rings. The predicted molar refractivity (Wildman–Crippen MR) is 215 cm³/mol. The summed E-state index contributed by atoms with van der Waals surface area (Å²) in [5, 5.41) is 0. The van der Waals surface area contributed by atoms with Gasteiger partial charge in [-0.05, 0) is 37.0 Å². The summed E-state index contributed by atoms with van der Waals surface area (Å²) < 4.78 is 16.7. The second-order valence-corrected chi connectivity index (χ2v) is 16.5. The van der Waals surface area contributed by atoms with Gasteiger partial charge in [0.2, 0.25) is 0 Å². The largest absolute Gasteiger partial charge is 0.462 e. The van der Waals surface area contributed by atoms with Gasteiger partial charge >= 0.3 is 17.9 Å². The van der Waals surface area contributed by atoms with Crippen molar-refractivity contribution in [3.05, 3.63) is 0 Å². The molecule has 0 heterocycles. The van der Waals surface area contributed by atoms with Crippen LogP contribution in [0.4, 0.5) is 0 Å². The first-order chi connectivity index (χ1) is 24.6. The maximum atomic E-state index is 12.6. The molecule has 0 aliphatic heterocycles. The van der Waals surface area contributed by atoms with Crippen molar-refractivity contribution < 1.29 is 28.6 Å². The second kappa shape index (κ2) is 36.8. The molecule has 0 rings (SSSR count). The molecule has 0 fully saturated rings. The molecule has 0 saturated heterocycles. The first kappa shape index (κ1) is 49.4. The topological polar surface area (TPSA) is 78.9 Å². The van der Waals surface area contributed by atoms with E-state index in [4.69, 9.17) is 14.2 Å². The van der Waals surface area contributed by atoms with E-state index in [9.17, 15) is 14.4 Å². The van der Waals surface area contributed by atoms with Crippen LogP contribution in [0.15, 0.2) is 0 Å². The molecule has 0 saturated carbocycles. The van der Waals surface area contributed by atoms with Crippen molar-refractivity contribution in [1.29, 1.82) is 0 Å². The van der Waals surface area contributed by atoms with Crippen LogP contribution in [0.3, 0.4) is 0 Å². The highest BCUT2D eigenvalue weighted by atomic mass is 16.6. The standard InChI is InChI=1S/C45H86O6/c1-7-41(6)33-27-21-14-10-8-9-11-15-22-28-34-43(46)49-37-42(51-45(48)36-30-24-18-17-20-26-32-40(4)5)38-50-44(47)35-29-23-16-12-13-19-25-31-39(2)3/h39-42H,7-38H2,1-6H3/t41?,42-/m1/s1. The third-order valence-electron chi connectivity index (χ3n) is 10.3. The molecule has 0 aromatic carbocycles.